The van der Waals surface area contributed by atoms with Crippen molar-refractivity contribution < 1.29 is 4.79 Å². The van der Waals surface area contributed by atoms with Crippen LogP contribution < -0.4 is 11.1 Å². The van der Waals surface area contributed by atoms with Gasteiger partial charge in [-0.15, -0.1) is 0 Å². The van der Waals surface area contributed by atoms with Crippen LogP contribution in [0.5, 0.6) is 0 Å². The lowest BCUT2D eigenvalue weighted by molar-refractivity contribution is 0.0947. The number of carbonyl (C=O) groups is 1. The van der Waals surface area contributed by atoms with Crippen LogP contribution in [0.25, 0.3) is 0 Å². The summed E-state index contributed by atoms with van der Waals surface area (Å²) in [6, 6.07) is 7.31. The number of hydrogen-bond donors (Lipinski definition) is 3. The molecule has 1 aromatic carbocycles. The van der Waals surface area contributed by atoms with Gasteiger partial charge in [-0.25, -0.2) is 0 Å². The standard InChI is InChI=1S/C14H15ClN4O/c15-10-5-1-8(2-6-10)7-17-14(20)13-11(16)12(18-19-13)9-3-4-9/h1-2,5-6,9H,3-4,7,16H2,(H,17,20)(H,18,19). The SMILES string of the molecule is Nc1c(C(=O)NCc2ccc(Cl)cc2)n[nH]c1C1CC1. The smallest absolute Gasteiger partial charge is 0.274 e. The molecule has 0 spiro atoms. The normalized spacial score (nSPS) is 14.2. The number of amides is 1. The number of nitrogen functional groups attached to an aromatic ring is 1. The zero-order chi connectivity index (χ0) is 14.1. The van der Waals surface area contributed by atoms with Crippen LogP contribution in [0.15, 0.2) is 24.3 Å². The first-order chi connectivity index (χ1) is 9.65. The minimum atomic E-state index is -0.263. The first kappa shape index (κ1) is 13.0. The number of benzene rings is 1. The predicted octanol–water partition coefficient (Wildman–Crippen LogP) is 2.45. The summed E-state index contributed by atoms with van der Waals surface area (Å²) in [5.74, 6) is 0.181. The number of anilines is 1. The Hall–Kier alpha value is -2.01. The summed E-state index contributed by atoms with van der Waals surface area (Å²) in [7, 11) is 0. The van der Waals surface area contributed by atoms with Gasteiger partial charge in [-0.2, -0.15) is 5.10 Å². The summed E-state index contributed by atoms with van der Waals surface area (Å²) in [5, 5.41) is 10.4. The van der Waals surface area contributed by atoms with Crippen molar-refractivity contribution in [3.05, 3.63) is 46.2 Å². The van der Waals surface area contributed by atoms with E-state index in [1.54, 1.807) is 12.1 Å². The fourth-order valence-electron chi connectivity index (χ4n) is 2.09. The second kappa shape index (κ2) is 5.17. The first-order valence-corrected chi connectivity index (χ1v) is 6.89. The van der Waals surface area contributed by atoms with E-state index in [1.165, 1.54) is 0 Å². The summed E-state index contributed by atoms with van der Waals surface area (Å²) >= 11 is 5.81. The summed E-state index contributed by atoms with van der Waals surface area (Å²) in [6.07, 6.45) is 2.22. The van der Waals surface area contributed by atoms with E-state index in [-0.39, 0.29) is 11.6 Å². The van der Waals surface area contributed by atoms with Gasteiger partial charge in [0.15, 0.2) is 5.69 Å². The monoisotopic (exact) mass is 290 g/mol. The topological polar surface area (TPSA) is 83.8 Å². The van der Waals surface area contributed by atoms with Gasteiger partial charge in [0.05, 0.1) is 11.4 Å². The Bertz CT molecular complexity index is 631. The molecular formula is C14H15ClN4O. The molecule has 0 bridgehead atoms. The molecule has 1 saturated carbocycles. The molecule has 4 N–H and O–H groups in total. The molecule has 1 aliphatic rings. The van der Waals surface area contributed by atoms with Gasteiger partial charge in [0.2, 0.25) is 0 Å². The number of carbonyl (C=O) groups excluding carboxylic acids is 1. The second-order valence-electron chi connectivity index (χ2n) is 4.98. The Balaban J connectivity index is 1.65. The average Bonchev–Trinajstić information content (AvgIpc) is 3.21. The minimum absolute atomic E-state index is 0.263. The molecule has 0 atom stereocenters. The third kappa shape index (κ3) is 2.63. The van der Waals surface area contributed by atoms with Crippen molar-refractivity contribution in [1.29, 1.82) is 0 Å². The van der Waals surface area contributed by atoms with Crippen LogP contribution in [0, 0.1) is 0 Å². The minimum Gasteiger partial charge on any atom is -0.395 e. The fraction of sp³-hybridized carbons (Fsp3) is 0.286. The molecular weight excluding hydrogens is 276 g/mol. The van der Waals surface area contributed by atoms with Crippen LogP contribution in [0.2, 0.25) is 5.02 Å². The molecule has 6 heteroatoms. The van der Waals surface area contributed by atoms with E-state index >= 15 is 0 Å². The van der Waals surface area contributed by atoms with Gasteiger partial charge < -0.3 is 11.1 Å². The molecule has 0 unspecified atom stereocenters. The van der Waals surface area contributed by atoms with Crippen LogP contribution in [0.4, 0.5) is 5.69 Å². The molecule has 0 radical (unpaired) electrons. The van der Waals surface area contributed by atoms with Crippen LogP contribution >= 0.6 is 11.6 Å². The second-order valence-corrected chi connectivity index (χ2v) is 5.42. The largest absolute Gasteiger partial charge is 0.395 e. The summed E-state index contributed by atoms with van der Waals surface area (Å²) < 4.78 is 0. The van der Waals surface area contributed by atoms with Crippen LogP contribution in [-0.4, -0.2) is 16.1 Å². The molecule has 2 aromatic rings. The van der Waals surface area contributed by atoms with E-state index in [1.807, 2.05) is 12.1 Å². The van der Waals surface area contributed by atoms with Crippen molar-refractivity contribution in [1.82, 2.24) is 15.5 Å². The van der Waals surface area contributed by atoms with Gasteiger partial charge in [-0.05, 0) is 30.5 Å². The Kier molecular flexibility index (Phi) is 3.36. The number of rotatable bonds is 4. The van der Waals surface area contributed by atoms with E-state index in [2.05, 4.69) is 15.5 Å². The van der Waals surface area contributed by atoms with Gasteiger partial charge in [-0.3, -0.25) is 9.89 Å². The Labute approximate surface area is 121 Å². The summed E-state index contributed by atoms with van der Waals surface area (Å²) in [5.41, 5.74) is 8.58. The molecule has 0 saturated heterocycles. The number of H-pyrrole nitrogens is 1. The molecule has 5 nitrogen and oxygen atoms in total. The van der Waals surface area contributed by atoms with E-state index in [4.69, 9.17) is 17.3 Å². The van der Waals surface area contributed by atoms with Gasteiger partial charge in [0, 0.05) is 17.5 Å². The predicted molar refractivity (Wildman–Crippen MR) is 77.6 cm³/mol. The van der Waals surface area contributed by atoms with E-state index in [9.17, 15) is 4.79 Å². The van der Waals surface area contributed by atoms with Crippen molar-refractivity contribution in [3.63, 3.8) is 0 Å². The molecule has 1 aliphatic carbocycles. The molecule has 20 heavy (non-hydrogen) atoms. The quantitative estimate of drug-likeness (QED) is 0.809. The number of aromatic nitrogens is 2. The molecule has 1 aromatic heterocycles. The third-order valence-corrected chi connectivity index (χ3v) is 3.65. The molecule has 0 aliphatic heterocycles. The highest BCUT2D eigenvalue weighted by molar-refractivity contribution is 6.30. The lowest BCUT2D eigenvalue weighted by Crippen LogP contribution is -2.24. The number of aromatic amines is 1. The summed E-state index contributed by atoms with van der Waals surface area (Å²) in [6.45, 7) is 0.418. The highest BCUT2D eigenvalue weighted by Crippen LogP contribution is 2.42. The molecule has 1 heterocycles. The Morgan fingerprint density at radius 3 is 2.75 bits per heavy atom. The lowest BCUT2D eigenvalue weighted by atomic mass is 10.2. The summed E-state index contributed by atoms with van der Waals surface area (Å²) in [4.78, 5) is 12.1. The maximum Gasteiger partial charge on any atom is 0.274 e. The van der Waals surface area contributed by atoms with Crippen molar-refractivity contribution in [2.24, 2.45) is 0 Å². The number of nitrogens with zero attached hydrogens (tertiary/aromatic N) is 1. The van der Waals surface area contributed by atoms with Gasteiger partial charge in [0.1, 0.15) is 0 Å². The number of nitrogens with one attached hydrogen (secondary N) is 2. The van der Waals surface area contributed by atoms with Crippen molar-refractivity contribution in [3.8, 4) is 0 Å². The maximum atomic E-state index is 12.1. The molecule has 104 valence electrons. The third-order valence-electron chi connectivity index (χ3n) is 3.40. The number of halogens is 1. The first-order valence-electron chi connectivity index (χ1n) is 6.51. The maximum absolute atomic E-state index is 12.1. The number of nitrogens with two attached hydrogens (primary N) is 1. The highest BCUT2D eigenvalue weighted by Gasteiger charge is 2.30. The van der Waals surface area contributed by atoms with Crippen LogP contribution in [0.3, 0.4) is 0 Å². The zero-order valence-corrected chi connectivity index (χ0v) is 11.6. The molecule has 3 rings (SSSR count). The zero-order valence-electron chi connectivity index (χ0n) is 10.8. The average molecular weight is 291 g/mol. The Morgan fingerprint density at radius 1 is 1.40 bits per heavy atom. The van der Waals surface area contributed by atoms with Gasteiger partial charge in [-0.1, -0.05) is 23.7 Å². The highest BCUT2D eigenvalue weighted by atomic mass is 35.5. The van der Waals surface area contributed by atoms with Crippen molar-refractivity contribution >= 4 is 23.2 Å². The van der Waals surface area contributed by atoms with Crippen LogP contribution in [-0.2, 0) is 6.54 Å². The van der Waals surface area contributed by atoms with Gasteiger partial charge in [0.25, 0.3) is 5.91 Å². The van der Waals surface area contributed by atoms with Crippen LogP contribution in [0.1, 0.15) is 40.5 Å². The van der Waals surface area contributed by atoms with E-state index < -0.39 is 0 Å². The van der Waals surface area contributed by atoms with Crippen molar-refractivity contribution in [2.45, 2.75) is 25.3 Å². The molecule has 1 fully saturated rings. The van der Waals surface area contributed by atoms with E-state index in [0.29, 0.717) is 23.2 Å². The van der Waals surface area contributed by atoms with E-state index in [0.717, 1.165) is 24.1 Å². The Morgan fingerprint density at radius 2 is 2.10 bits per heavy atom. The number of hydrogen-bond acceptors (Lipinski definition) is 3. The van der Waals surface area contributed by atoms with Gasteiger partial charge >= 0.3 is 0 Å². The molecule has 1 amide bonds. The van der Waals surface area contributed by atoms with Crippen molar-refractivity contribution in [2.75, 3.05) is 5.73 Å². The lowest BCUT2D eigenvalue weighted by Gasteiger charge is -2.04. The fourth-order valence-corrected chi connectivity index (χ4v) is 2.21.